The maximum Gasteiger partial charge on any atom is 0.157 e. The second-order valence-electron chi connectivity index (χ2n) is 12.4. The molecule has 0 aliphatic rings. The van der Waals surface area contributed by atoms with Crippen molar-refractivity contribution in [3.63, 3.8) is 0 Å². The molecular formula is C45H32N4O. The second-order valence-corrected chi connectivity index (χ2v) is 12.4. The molecule has 9 aromatic rings. The van der Waals surface area contributed by atoms with Gasteiger partial charge in [0.05, 0.1) is 28.7 Å². The van der Waals surface area contributed by atoms with Gasteiger partial charge >= 0.3 is 0 Å². The lowest BCUT2D eigenvalue weighted by Crippen LogP contribution is -2.16. The Balaban J connectivity index is 1.22. The number of amidine groups is 2. The minimum atomic E-state index is 0.408. The van der Waals surface area contributed by atoms with Crippen LogP contribution in [-0.2, 0) is 6.54 Å². The van der Waals surface area contributed by atoms with Gasteiger partial charge in [0, 0.05) is 27.3 Å². The van der Waals surface area contributed by atoms with E-state index in [4.69, 9.17) is 20.1 Å². The average Bonchev–Trinajstić information content (AvgIpc) is 3.72. The van der Waals surface area contributed by atoms with Crippen molar-refractivity contribution in [3.05, 3.63) is 187 Å². The van der Waals surface area contributed by atoms with Crippen LogP contribution < -0.4 is 5.73 Å². The molecule has 0 aliphatic heterocycles. The first-order chi connectivity index (χ1) is 24.7. The molecule has 0 radical (unpaired) electrons. The summed E-state index contributed by atoms with van der Waals surface area (Å²) in [5, 5.41) is 4.49. The molecule has 0 unspecified atom stereocenters. The minimum absolute atomic E-state index is 0.408. The third-order valence-corrected chi connectivity index (χ3v) is 9.31. The van der Waals surface area contributed by atoms with Crippen molar-refractivity contribution >= 4 is 55.4 Å². The van der Waals surface area contributed by atoms with Gasteiger partial charge in [-0.05, 0) is 53.1 Å². The Morgan fingerprint density at radius 2 is 1.24 bits per heavy atom. The van der Waals surface area contributed by atoms with E-state index in [1.807, 2.05) is 60.7 Å². The zero-order valence-electron chi connectivity index (χ0n) is 27.2. The Bertz CT molecular complexity index is 2720. The number of furan rings is 1. The fourth-order valence-electron chi connectivity index (χ4n) is 6.90. The molecule has 7 aromatic carbocycles. The van der Waals surface area contributed by atoms with Gasteiger partial charge < -0.3 is 14.7 Å². The fourth-order valence-corrected chi connectivity index (χ4v) is 6.90. The second kappa shape index (κ2) is 12.4. The molecule has 50 heavy (non-hydrogen) atoms. The van der Waals surface area contributed by atoms with Gasteiger partial charge in [0.25, 0.3) is 0 Å². The number of fused-ring (bicyclic) bond motifs is 6. The first-order valence-corrected chi connectivity index (χ1v) is 16.7. The Kier molecular flexibility index (Phi) is 7.29. The predicted molar refractivity (Wildman–Crippen MR) is 207 cm³/mol. The van der Waals surface area contributed by atoms with E-state index in [0.717, 1.165) is 55.3 Å². The highest BCUT2D eigenvalue weighted by Crippen LogP contribution is 2.40. The summed E-state index contributed by atoms with van der Waals surface area (Å²) in [5.41, 5.74) is 16.6. The van der Waals surface area contributed by atoms with Crippen molar-refractivity contribution < 1.29 is 4.42 Å². The summed E-state index contributed by atoms with van der Waals surface area (Å²) in [6.45, 7) is 0.475. The van der Waals surface area contributed by atoms with Crippen LogP contribution >= 0.6 is 0 Å². The molecule has 0 bridgehead atoms. The molecule has 0 saturated carbocycles. The summed E-state index contributed by atoms with van der Waals surface area (Å²) < 4.78 is 8.98. The number of nitrogens with zero attached hydrogens (tertiary/aromatic N) is 3. The van der Waals surface area contributed by atoms with E-state index in [0.29, 0.717) is 18.2 Å². The number of aliphatic imine (C=N–C) groups is 2. The summed E-state index contributed by atoms with van der Waals surface area (Å²) in [5.74, 6) is 0.958. The van der Waals surface area contributed by atoms with Gasteiger partial charge in [-0.2, -0.15) is 0 Å². The number of nitrogens with two attached hydrogens (primary N) is 1. The zero-order chi connectivity index (χ0) is 33.4. The summed E-state index contributed by atoms with van der Waals surface area (Å²) in [7, 11) is 0. The van der Waals surface area contributed by atoms with Crippen LogP contribution in [0.3, 0.4) is 0 Å². The lowest BCUT2D eigenvalue weighted by atomic mass is 10.0. The average molecular weight is 645 g/mol. The van der Waals surface area contributed by atoms with E-state index < -0.39 is 0 Å². The van der Waals surface area contributed by atoms with E-state index in [1.54, 1.807) is 0 Å². The number of rotatable bonds is 6. The van der Waals surface area contributed by atoms with Crippen molar-refractivity contribution in [1.82, 2.24) is 4.57 Å². The van der Waals surface area contributed by atoms with Crippen molar-refractivity contribution in [1.29, 1.82) is 0 Å². The molecule has 0 aliphatic carbocycles. The summed E-state index contributed by atoms with van der Waals surface area (Å²) >= 11 is 0. The smallest absolute Gasteiger partial charge is 0.157 e. The highest BCUT2D eigenvalue weighted by Gasteiger charge is 2.19. The van der Waals surface area contributed by atoms with Crippen LogP contribution in [0.25, 0.3) is 60.6 Å². The quantitative estimate of drug-likeness (QED) is 0.145. The normalized spacial score (nSPS) is 12.4. The van der Waals surface area contributed by atoms with E-state index in [2.05, 4.69) is 114 Å². The molecular weight excluding hydrogens is 613 g/mol. The molecule has 9 rings (SSSR count). The lowest BCUT2D eigenvalue weighted by molar-refractivity contribution is 0.668. The van der Waals surface area contributed by atoms with Gasteiger partial charge in [-0.15, -0.1) is 0 Å². The third-order valence-electron chi connectivity index (χ3n) is 9.31. The monoisotopic (exact) mass is 644 g/mol. The molecule has 2 N–H and O–H groups in total. The molecule has 5 nitrogen and oxygen atoms in total. The van der Waals surface area contributed by atoms with Crippen molar-refractivity contribution in [2.45, 2.75) is 6.54 Å². The molecule has 0 saturated heterocycles. The highest BCUT2D eigenvalue weighted by molar-refractivity contribution is 6.16. The minimum Gasteiger partial charge on any atom is -0.456 e. The van der Waals surface area contributed by atoms with Crippen LogP contribution in [0.4, 0.5) is 0 Å². The van der Waals surface area contributed by atoms with Gasteiger partial charge in [0.2, 0.25) is 0 Å². The first-order valence-electron chi connectivity index (χ1n) is 16.7. The van der Waals surface area contributed by atoms with Crippen LogP contribution in [0.15, 0.2) is 184 Å². The van der Waals surface area contributed by atoms with Crippen molar-refractivity contribution in [2.75, 3.05) is 0 Å². The summed E-state index contributed by atoms with van der Waals surface area (Å²) in [6.07, 6.45) is 0. The zero-order valence-corrected chi connectivity index (χ0v) is 27.2. The molecule has 5 heteroatoms. The standard InChI is InChI=1S/C45H32N4O/c46-44(32-17-8-3-9-18-32)48-45(47-29-30-13-4-1-5-14-30)34-24-26-37-42(28-34)50-41-22-12-21-39(43(37)41)49-38-20-11-10-19-35(38)36-25-23-33(27-40(36)49)31-15-6-2-7-16-31/h1-28H,29H2,(H2,46,47,48). The predicted octanol–water partition coefficient (Wildman–Crippen LogP) is 10.7. The molecule has 0 fully saturated rings. The Hall–Kier alpha value is -6.72. The van der Waals surface area contributed by atoms with Gasteiger partial charge in [0.1, 0.15) is 17.0 Å². The molecule has 0 spiro atoms. The lowest BCUT2D eigenvalue weighted by Gasteiger charge is -2.11. The van der Waals surface area contributed by atoms with Crippen molar-refractivity contribution in [3.8, 4) is 16.8 Å². The number of hydrogen-bond acceptors (Lipinski definition) is 2. The fraction of sp³-hybridized carbons (Fsp3) is 0.0222. The molecule has 2 aromatic heterocycles. The molecule has 2 heterocycles. The van der Waals surface area contributed by atoms with E-state index in [9.17, 15) is 0 Å². The van der Waals surface area contributed by atoms with Crippen molar-refractivity contribution in [2.24, 2.45) is 15.7 Å². The number of para-hydroxylation sites is 1. The van der Waals surface area contributed by atoms with Crippen LogP contribution in [-0.4, -0.2) is 16.2 Å². The largest absolute Gasteiger partial charge is 0.456 e. The maximum absolute atomic E-state index is 6.60. The first kappa shape index (κ1) is 29.4. The Morgan fingerprint density at radius 1 is 0.540 bits per heavy atom. The SMILES string of the molecule is NC(=NC(=NCc1ccccc1)c1ccc2c(c1)oc1cccc(-n3c4ccccc4c4ccc(-c5ccccc5)cc43)c12)c1ccccc1. The van der Waals surface area contributed by atoms with Crippen LogP contribution in [0.5, 0.6) is 0 Å². The highest BCUT2D eigenvalue weighted by atomic mass is 16.3. The maximum atomic E-state index is 6.60. The molecule has 238 valence electrons. The number of benzene rings is 7. The Labute approximate surface area is 289 Å². The van der Waals surface area contributed by atoms with Crippen LogP contribution in [0, 0.1) is 0 Å². The molecule has 0 amide bonds. The van der Waals surface area contributed by atoms with Gasteiger partial charge in [-0.1, -0.05) is 133 Å². The van der Waals surface area contributed by atoms with E-state index in [1.165, 1.54) is 21.9 Å². The van der Waals surface area contributed by atoms with Gasteiger partial charge in [-0.25, -0.2) is 4.99 Å². The number of aromatic nitrogens is 1. The topological polar surface area (TPSA) is 68.8 Å². The van der Waals surface area contributed by atoms with E-state index in [-0.39, 0.29) is 0 Å². The van der Waals surface area contributed by atoms with Crippen LogP contribution in [0.2, 0.25) is 0 Å². The Morgan fingerprint density at radius 3 is 2.06 bits per heavy atom. The van der Waals surface area contributed by atoms with Crippen LogP contribution in [0.1, 0.15) is 16.7 Å². The van der Waals surface area contributed by atoms with Gasteiger partial charge in [-0.3, -0.25) is 4.99 Å². The van der Waals surface area contributed by atoms with Gasteiger partial charge in [0.15, 0.2) is 5.84 Å². The third kappa shape index (κ3) is 5.22. The van der Waals surface area contributed by atoms with E-state index >= 15 is 0 Å². The summed E-state index contributed by atoms with van der Waals surface area (Å²) in [4.78, 5) is 9.80. The molecule has 0 atom stereocenters. The number of hydrogen-bond donors (Lipinski definition) is 1. The summed E-state index contributed by atoms with van der Waals surface area (Å²) in [6, 6.07) is 58.4.